The third kappa shape index (κ3) is 2.34. The van der Waals surface area contributed by atoms with Gasteiger partial charge in [0.25, 0.3) is 0 Å². The van der Waals surface area contributed by atoms with Crippen LogP contribution in [0.2, 0.25) is 5.15 Å². The highest BCUT2D eigenvalue weighted by Crippen LogP contribution is 2.32. The van der Waals surface area contributed by atoms with E-state index in [1.165, 1.54) is 30.6 Å². The summed E-state index contributed by atoms with van der Waals surface area (Å²) < 4.78 is 0. The molecule has 1 saturated heterocycles. The van der Waals surface area contributed by atoms with Crippen LogP contribution in [0.5, 0.6) is 0 Å². The van der Waals surface area contributed by atoms with Crippen molar-refractivity contribution in [3.63, 3.8) is 0 Å². The molecule has 0 atom stereocenters. The van der Waals surface area contributed by atoms with Gasteiger partial charge in [-0.3, -0.25) is 0 Å². The summed E-state index contributed by atoms with van der Waals surface area (Å²) in [6.07, 6.45) is 5.20. The number of anilines is 1. The monoisotopic (exact) mass is 257 g/mol. The lowest BCUT2D eigenvalue weighted by Gasteiger charge is -2.11. The lowest BCUT2D eigenvalue weighted by Crippen LogP contribution is -2.17. The molecule has 3 nitrogen and oxygen atoms in total. The average Bonchev–Trinajstić information content (AvgIpc) is 2.80. The molecule has 5 heteroatoms. The molecule has 2 fully saturated rings. The Kier molecular flexibility index (Phi) is 3.05. The van der Waals surface area contributed by atoms with Crippen molar-refractivity contribution in [1.29, 1.82) is 0 Å². The fraction of sp³-hybridized carbons (Fsp3) is 0.727. The molecule has 1 saturated carbocycles. The Bertz CT molecular complexity index is 369. The number of halogens is 1. The molecule has 0 radical (unpaired) electrons. The van der Waals surface area contributed by atoms with Crippen LogP contribution in [0.25, 0.3) is 0 Å². The van der Waals surface area contributed by atoms with Gasteiger partial charge in [-0.25, -0.2) is 4.98 Å². The van der Waals surface area contributed by atoms with Crippen LogP contribution >= 0.6 is 22.9 Å². The minimum atomic E-state index is 0.694. The number of nitrogens with one attached hydrogen (secondary N) is 1. The molecule has 3 rings (SSSR count). The molecule has 16 heavy (non-hydrogen) atoms. The van der Waals surface area contributed by atoms with Crippen LogP contribution in [-0.4, -0.2) is 24.1 Å². The zero-order chi connectivity index (χ0) is 11.0. The Labute approximate surface area is 105 Å². The molecule has 2 aliphatic rings. The third-order valence-electron chi connectivity index (χ3n) is 3.14. The van der Waals surface area contributed by atoms with Crippen molar-refractivity contribution >= 4 is 28.1 Å². The van der Waals surface area contributed by atoms with Crippen LogP contribution in [0.4, 0.5) is 5.13 Å². The second-order valence-electron chi connectivity index (χ2n) is 4.56. The van der Waals surface area contributed by atoms with Crippen molar-refractivity contribution in [3.8, 4) is 0 Å². The summed E-state index contributed by atoms with van der Waals surface area (Å²) in [5.74, 6) is 0. The highest BCUT2D eigenvalue weighted by atomic mass is 35.5. The first kappa shape index (κ1) is 10.8. The number of thiazole rings is 1. The van der Waals surface area contributed by atoms with E-state index in [0.717, 1.165) is 30.8 Å². The lowest BCUT2D eigenvalue weighted by molar-refractivity contribution is 0.694. The molecule has 0 bridgehead atoms. The molecule has 0 amide bonds. The van der Waals surface area contributed by atoms with Crippen LogP contribution in [0.15, 0.2) is 0 Å². The molecule has 1 N–H and O–H groups in total. The van der Waals surface area contributed by atoms with Crippen LogP contribution in [-0.2, 0) is 6.54 Å². The number of rotatable bonds is 4. The van der Waals surface area contributed by atoms with Gasteiger partial charge in [0.15, 0.2) is 5.13 Å². The van der Waals surface area contributed by atoms with Crippen LogP contribution < -0.4 is 10.2 Å². The van der Waals surface area contributed by atoms with Gasteiger partial charge in [0, 0.05) is 25.7 Å². The van der Waals surface area contributed by atoms with E-state index in [9.17, 15) is 0 Å². The molecule has 0 unspecified atom stereocenters. The smallest absolute Gasteiger partial charge is 0.187 e. The fourth-order valence-corrected chi connectivity index (χ4v) is 3.27. The van der Waals surface area contributed by atoms with Gasteiger partial charge in [0.05, 0.1) is 4.88 Å². The Hall–Kier alpha value is -0.320. The summed E-state index contributed by atoms with van der Waals surface area (Å²) in [5.41, 5.74) is 0. The minimum absolute atomic E-state index is 0.694. The lowest BCUT2D eigenvalue weighted by atomic mass is 10.4. The van der Waals surface area contributed by atoms with E-state index in [4.69, 9.17) is 11.6 Å². The van der Waals surface area contributed by atoms with Crippen molar-refractivity contribution in [2.24, 2.45) is 0 Å². The van der Waals surface area contributed by atoms with Gasteiger partial charge in [0.1, 0.15) is 5.15 Å². The Morgan fingerprint density at radius 1 is 1.38 bits per heavy atom. The van der Waals surface area contributed by atoms with Crippen molar-refractivity contribution in [3.05, 3.63) is 10.0 Å². The summed E-state index contributed by atoms with van der Waals surface area (Å²) in [4.78, 5) is 8.00. The molecule has 1 aliphatic carbocycles. The molecule has 1 aromatic rings. The normalized spacial score (nSPS) is 20.7. The van der Waals surface area contributed by atoms with E-state index in [-0.39, 0.29) is 0 Å². The van der Waals surface area contributed by atoms with Gasteiger partial charge in [-0.15, -0.1) is 0 Å². The quantitative estimate of drug-likeness (QED) is 0.899. The van der Waals surface area contributed by atoms with Crippen molar-refractivity contribution in [2.75, 3.05) is 18.0 Å². The molecule has 1 aromatic heterocycles. The first-order chi connectivity index (χ1) is 7.83. The van der Waals surface area contributed by atoms with Gasteiger partial charge in [0.2, 0.25) is 0 Å². The minimum Gasteiger partial charge on any atom is -0.348 e. The molecule has 0 spiro atoms. The second-order valence-corrected chi connectivity index (χ2v) is 5.98. The van der Waals surface area contributed by atoms with Gasteiger partial charge < -0.3 is 10.2 Å². The summed E-state index contributed by atoms with van der Waals surface area (Å²) in [5, 5.41) is 5.29. The molecule has 88 valence electrons. The summed E-state index contributed by atoms with van der Waals surface area (Å²) in [7, 11) is 0. The van der Waals surface area contributed by atoms with E-state index in [2.05, 4.69) is 15.2 Å². The zero-order valence-electron chi connectivity index (χ0n) is 9.21. The third-order valence-corrected chi connectivity index (χ3v) is 4.68. The predicted molar refractivity (Wildman–Crippen MR) is 68.4 cm³/mol. The van der Waals surface area contributed by atoms with Gasteiger partial charge in [-0.1, -0.05) is 22.9 Å². The molecule has 1 aliphatic heterocycles. The fourth-order valence-electron chi connectivity index (χ4n) is 2.00. The summed E-state index contributed by atoms with van der Waals surface area (Å²) in [6.45, 7) is 3.16. The predicted octanol–water partition coefficient (Wildman–Crippen LogP) is 2.65. The Morgan fingerprint density at radius 2 is 2.12 bits per heavy atom. The van der Waals surface area contributed by atoms with Crippen LogP contribution in [0, 0.1) is 0 Å². The average molecular weight is 258 g/mol. The SMILES string of the molecule is Clc1nc(N2CCCC2)sc1CNC1CC1. The molecule has 2 heterocycles. The first-order valence-electron chi connectivity index (χ1n) is 5.96. The molecule has 0 aromatic carbocycles. The zero-order valence-corrected chi connectivity index (χ0v) is 10.8. The van der Waals surface area contributed by atoms with Gasteiger partial charge >= 0.3 is 0 Å². The van der Waals surface area contributed by atoms with Crippen molar-refractivity contribution < 1.29 is 0 Å². The first-order valence-corrected chi connectivity index (χ1v) is 7.16. The van der Waals surface area contributed by atoms with Crippen molar-refractivity contribution in [2.45, 2.75) is 38.3 Å². The largest absolute Gasteiger partial charge is 0.348 e. The second kappa shape index (κ2) is 4.51. The number of nitrogens with zero attached hydrogens (tertiary/aromatic N) is 2. The van der Waals surface area contributed by atoms with Crippen LogP contribution in [0.1, 0.15) is 30.6 Å². The number of hydrogen-bond acceptors (Lipinski definition) is 4. The van der Waals surface area contributed by atoms with Gasteiger partial charge in [-0.05, 0) is 25.7 Å². The van der Waals surface area contributed by atoms with E-state index < -0.39 is 0 Å². The highest BCUT2D eigenvalue weighted by molar-refractivity contribution is 7.16. The van der Waals surface area contributed by atoms with E-state index in [0.29, 0.717) is 5.15 Å². The maximum Gasteiger partial charge on any atom is 0.187 e. The number of aromatic nitrogens is 1. The number of hydrogen-bond donors (Lipinski definition) is 1. The van der Waals surface area contributed by atoms with Gasteiger partial charge in [-0.2, -0.15) is 0 Å². The summed E-state index contributed by atoms with van der Waals surface area (Å²) in [6, 6.07) is 0.730. The molecular weight excluding hydrogens is 242 g/mol. The molecular formula is C11H16ClN3S. The van der Waals surface area contributed by atoms with E-state index in [1.807, 2.05) is 0 Å². The Morgan fingerprint density at radius 3 is 2.81 bits per heavy atom. The summed E-state index contributed by atoms with van der Waals surface area (Å²) >= 11 is 7.91. The topological polar surface area (TPSA) is 28.2 Å². The van der Waals surface area contributed by atoms with Crippen LogP contribution in [0.3, 0.4) is 0 Å². The maximum absolute atomic E-state index is 6.16. The maximum atomic E-state index is 6.16. The van der Waals surface area contributed by atoms with E-state index in [1.54, 1.807) is 11.3 Å². The Balaban J connectivity index is 1.67. The highest BCUT2D eigenvalue weighted by Gasteiger charge is 2.22. The van der Waals surface area contributed by atoms with Crippen molar-refractivity contribution in [1.82, 2.24) is 10.3 Å². The van der Waals surface area contributed by atoms with E-state index >= 15 is 0 Å². The standard InChI is InChI=1S/C11H16ClN3S/c12-10-9(7-13-8-3-4-8)16-11(14-10)15-5-1-2-6-15/h8,13H,1-7H2.